The average Bonchev–Trinajstić information content (AvgIpc) is 2.62. The van der Waals surface area contributed by atoms with Gasteiger partial charge >= 0.3 is 6.03 Å². The summed E-state index contributed by atoms with van der Waals surface area (Å²) in [6.07, 6.45) is 0.742. The smallest absolute Gasteiger partial charge is 0.322 e. The van der Waals surface area contributed by atoms with E-state index in [1.165, 1.54) is 0 Å². The number of methoxy groups -OCH3 is 2. The summed E-state index contributed by atoms with van der Waals surface area (Å²) in [6, 6.07) is 8.63. The molecule has 0 saturated carbocycles. The number of amides is 2. The Morgan fingerprint density at radius 2 is 1.76 bits per heavy atom. The van der Waals surface area contributed by atoms with Gasteiger partial charge in [0.1, 0.15) is 0 Å². The first-order chi connectivity index (χ1) is 12.0. The highest BCUT2D eigenvalue weighted by molar-refractivity contribution is 6.35. The van der Waals surface area contributed by atoms with Crippen LogP contribution in [-0.2, 0) is 13.0 Å². The Morgan fingerprint density at radius 3 is 2.44 bits per heavy atom. The maximum Gasteiger partial charge on any atom is 0.322 e. The molecule has 2 amide bonds. The number of urea groups is 1. The highest BCUT2D eigenvalue weighted by atomic mass is 35.5. The zero-order valence-electron chi connectivity index (χ0n) is 13.9. The molecule has 1 aliphatic heterocycles. The Bertz CT molecular complexity index is 811. The zero-order chi connectivity index (χ0) is 18.0. The van der Waals surface area contributed by atoms with E-state index in [-0.39, 0.29) is 6.03 Å². The summed E-state index contributed by atoms with van der Waals surface area (Å²) >= 11 is 12.1. The van der Waals surface area contributed by atoms with Gasteiger partial charge in [-0.1, -0.05) is 23.2 Å². The molecule has 1 aliphatic rings. The number of nitrogens with zero attached hydrogens (tertiary/aromatic N) is 1. The monoisotopic (exact) mass is 380 g/mol. The fourth-order valence-corrected chi connectivity index (χ4v) is 3.18. The van der Waals surface area contributed by atoms with E-state index < -0.39 is 0 Å². The van der Waals surface area contributed by atoms with E-state index in [9.17, 15) is 4.79 Å². The Morgan fingerprint density at radius 1 is 1.08 bits per heavy atom. The van der Waals surface area contributed by atoms with Gasteiger partial charge in [0.2, 0.25) is 0 Å². The molecule has 132 valence electrons. The van der Waals surface area contributed by atoms with Crippen molar-refractivity contribution in [2.75, 3.05) is 26.1 Å². The number of carbonyl (C=O) groups excluding carboxylic acids is 1. The molecule has 0 atom stereocenters. The molecular formula is C18H18Cl2N2O3. The number of hydrogen-bond donors (Lipinski definition) is 1. The predicted molar refractivity (Wildman–Crippen MR) is 99.1 cm³/mol. The number of halogens is 2. The second kappa shape index (κ2) is 7.42. The number of anilines is 1. The maximum atomic E-state index is 12.6. The summed E-state index contributed by atoms with van der Waals surface area (Å²) < 4.78 is 10.7. The van der Waals surface area contributed by atoms with Gasteiger partial charge in [0.25, 0.3) is 0 Å². The van der Waals surface area contributed by atoms with Gasteiger partial charge in [0, 0.05) is 18.1 Å². The van der Waals surface area contributed by atoms with Gasteiger partial charge in [-0.2, -0.15) is 0 Å². The van der Waals surface area contributed by atoms with Crippen LogP contribution in [0.3, 0.4) is 0 Å². The topological polar surface area (TPSA) is 50.8 Å². The molecule has 2 aromatic carbocycles. The number of rotatable bonds is 3. The van der Waals surface area contributed by atoms with Gasteiger partial charge in [-0.25, -0.2) is 4.79 Å². The lowest BCUT2D eigenvalue weighted by atomic mass is 9.99. The summed E-state index contributed by atoms with van der Waals surface area (Å²) in [6.45, 7) is 1.09. The summed E-state index contributed by atoms with van der Waals surface area (Å²) in [5, 5.41) is 3.78. The van der Waals surface area contributed by atoms with Crippen LogP contribution >= 0.6 is 23.2 Å². The number of benzene rings is 2. The van der Waals surface area contributed by atoms with E-state index in [4.69, 9.17) is 32.7 Å². The van der Waals surface area contributed by atoms with Crippen LogP contribution in [-0.4, -0.2) is 31.7 Å². The van der Waals surface area contributed by atoms with Crippen LogP contribution in [0, 0.1) is 0 Å². The van der Waals surface area contributed by atoms with Crippen LogP contribution in [0.5, 0.6) is 11.5 Å². The third-order valence-electron chi connectivity index (χ3n) is 4.18. The fraction of sp³-hybridized carbons (Fsp3) is 0.278. The van der Waals surface area contributed by atoms with E-state index in [1.54, 1.807) is 37.3 Å². The van der Waals surface area contributed by atoms with Crippen LogP contribution in [0.4, 0.5) is 10.5 Å². The van der Waals surface area contributed by atoms with Crippen LogP contribution in [0.25, 0.3) is 0 Å². The van der Waals surface area contributed by atoms with Gasteiger partial charge in [-0.15, -0.1) is 0 Å². The van der Waals surface area contributed by atoms with Crippen LogP contribution in [0.2, 0.25) is 10.0 Å². The lowest BCUT2D eigenvalue weighted by Crippen LogP contribution is -2.39. The third-order valence-corrected chi connectivity index (χ3v) is 4.74. The minimum absolute atomic E-state index is 0.218. The maximum absolute atomic E-state index is 12.6. The predicted octanol–water partition coefficient (Wildman–Crippen LogP) is 4.60. The Labute approximate surface area is 156 Å². The molecule has 0 fully saturated rings. The highest BCUT2D eigenvalue weighted by Gasteiger charge is 2.23. The minimum atomic E-state index is -0.218. The van der Waals surface area contributed by atoms with E-state index in [0.29, 0.717) is 40.3 Å². The fourth-order valence-electron chi connectivity index (χ4n) is 2.84. The lowest BCUT2D eigenvalue weighted by Gasteiger charge is -2.29. The second-order valence-corrected chi connectivity index (χ2v) is 6.55. The molecule has 7 heteroatoms. The van der Waals surface area contributed by atoms with E-state index >= 15 is 0 Å². The first kappa shape index (κ1) is 17.7. The van der Waals surface area contributed by atoms with Crippen molar-refractivity contribution >= 4 is 34.9 Å². The van der Waals surface area contributed by atoms with E-state index in [2.05, 4.69) is 5.32 Å². The van der Waals surface area contributed by atoms with E-state index in [1.807, 2.05) is 12.1 Å². The quantitative estimate of drug-likeness (QED) is 0.846. The number of carbonyl (C=O) groups is 1. The minimum Gasteiger partial charge on any atom is -0.493 e. The molecule has 1 heterocycles. The number of fused-ring (bicyclic) bond motifs is 1. The van der Waals surface area contributed by atoms with Crippen LogP contribution < -0.4 is 14.8 Å². The summed E-state index contributed by atoms with van der Waals surface area (Å²) in [5.74, 6) is 1.35. The molecule has 2 aromatic rings. The van der Waals surface area contributed by atoms with Gasteiger partial charge < -0.3 is 19.7 Å². The van der Waals surface area contributed by atoms with Crippen molar-refractivity contribution in [2.24, 2.45) is 0 Å². The molecule has 0 unspecified atom stereocenters. The number of hydrogen-bond acceptors (Lipinski definition) is 3. The first-order valence-electron chi connectivity index (χ1n) is 7.76. The lowest BCUT2D eigenvalue weighted by molar-refractivity contribution is 0.206. The SMILES string of the molecule is COc1cc2c(cc1OC)CN(C(=O)Nc1cc(Cl)ccc1Cl)CC2. The third kappa shape index (κ3) is 3.78. The zero-order valence-corrected chi connectivity index (χ0v) is 15.4. The average molecular weight is 381 g/mol. The van der Waals surface area contributed by atoms with Crippen molar-refractivity contribution in [2.45, 2.75) is 13.0 Å². The molecular weight excluding hydrogens is 363 g/mol. The molecule has 0 spiro atoms. The van der Waals surface area contributed by atoms with Crippen molar-refractivity contribution in [3.05, 3.63) is 51.5 Å². The van der Waals surface area contributed by atoms with Crippen molar-refractivity contribution in [1.29, 1.82) is 0 Å². The molecule has 0 aromatic heterocycles. The van der Waals surface area contributed by atoms with Crippen molar-refractivity contribution < 1.29 is 14.3 Å². The highest BCUT2D eigenvalue weighted by Crippen LogP contribution is 2.33. The molecule has 5 nitrogen and oxygen atoms in total. The summed E-state index contributed by atoms with van der Waals surface area (Å²) in [5.41, 5.74) is 2.69. The summed E-state index contributed by atoms with van der Waals surface area (Å²) in [4.78, 5) is 14.3. The molecule has 3 rings (SSSR count). The molecule has 0 bridgehead atoms. The van der Waals surface area contributed by atoms with Gasteiger partial charge in [-0.3, -0.25) is 0 Å². The van der Waals surface area contributed by atoms with Crippen molar-refractivity contribution in [3.63, 3.8) is 0 Å². The second-order valence-electron chi connectivity index (χ2n) is 5.70. The van der Waals surface area contributed by atoms with E-state index in [0.717, 1.165) is 17.5 Å². The van der Waals surface area contributed by atoms with Gasteiger partial charge in [0.15, 0.2) is 11.5 Å². The van der Waals surface area contributed by atoms with Gasteiger partial charge in [-0.05, 0) is 47.9 Å². The Kier molecular flexibility index (Phi) is 5.25. The Balaban J connectivity index is 1.77. The number of ether oxygens (including phenoxy) is 2. The van der Waals surface area contributed by atoms with Crippen LogP contribution in [0.1, 0.15) is 11.1 Å². The standard InChI is InChI=1S/C18H18Cl2N2O3/c1-24-16-7-11-5-6-22(10-12(11)8-17(16)25-2)18(23)21-15-9-13(19)3-4-14(15)20/h3-4,7-9H,5-6,10H2,1-2H3,(H,21,23). The Hall–Kier alpha value is -2.11. The van der Waals surface area contributed by atoms with Gasteiger partial charge in [0.05, 0.1) is 24.9 Å². The molecule has 0 radical (unpaired) electrons. The van der Waals surface area contributed by atoms with Crippen molar-refractivity contribution in [3.8, 4) is 11.5 Å². The first-order valence-corrected chi connectivity index (χ1v) is 8.52. The molecule has 1 N–H and O–H groups in total. The van der Waals surface area contributed by atoms with Crippen LogP contribution in [0.15, 0.2) is 30.3 Å². The molecule has 0 saturated heterocycles. The number of nitrogens with one attached hydrogen (secondary N) is 1. The summed E-state index contributed by atoms with van der Waals surface area (Å²) in [7, 11) is 3.21. The largest absolute Gasteiger partial charge is 0.493 e. The molecule has 25 heavy (non-hydrogen) atoms. The molecule has 0 aliphatic carbocycles. The normalized spacial score (nSPS) is 13.2. The van der Waals surface area contributed by atoms with Crippen molar-refractivity contribution in [1.82, 2.24) is 4.90 Å².